The number of carbonyl (C=O) groups excluding carboxylic acids is 3. The quantitative estimate of drug-likeness (QED) is 0.636. The fourth-order valence-electron chi connectivity index (χ4n) is 2.27. The first-order valence-corrected chi connectivity index (χ1v) is 7.13. The molecule has 1 aliphatic heterocycles. The molecule has 0 spiro atoms. The molecule has 6 heteroatoms. The Morgan fingerprint density at radius 2 is 1.86 bits per heavy atom. The highest BCUT2D eigenvalue weighted by atomic mass is 16.2. The maximum atomic E-state index is 12.5. The van der Waals surface area contributed by atoms with Crippen LogP contribution in [-0.4, -0.2) is 60.7 Å². The summed E-state index contributed by atoms with van der Waals surface area (Å²) in [5.74, 6) is -0.357. The van der Waals surface area contributed by atoms with Crippen LogP contribution in [0.5, 0.6) is 0 Å². The van der Waals surface area contributed by atoms with Crippen LogP contribution in [0.4, 0.5) is 0 Å². The van der Waals surface area contributed by atoms with Crippen molar-refractivity contribution in [3.63, 3.8) is 0 Å². The Bertz CT molecular complexity index is 578. The molecule has 0 aromatic heterocycles. The Kier molecular flexibility index (Phi) is 5.30. The minimum Gasteiger partial charge on any atom is -0.349 e. The van der Waals surface area contributed by atoms with Crippen LogP contribution < -0.4 is 5.32 Å². The molecule has 6 nitrogen and oxygen atoms in total. The zero-order valence-corrected chi connectivity index (χ0v) is 12.3. The molecule has 22 heavy (non-hydrogen) atoms. The first kappa shape index (κ1) is 15.8. The van der Waals surface area contributed by atoms with Gasteiger partial charge in [-0.05, 0) is 18.2 Å². The SMILES string of the molecule is C=CCNC(=O)c1cccc(C(=O)N2CCN(C=O)CC2)c1. The summed E-state index contributed by atoms with van der Waals surface area (Å²) >= 11 is 0. The van der Waals surface area contributed by atoms with Gasteiger partial charge in [0.25, 0.3) is 11.8 Å². The average molecular weight is 301 g/mol. The Hall–Kier alpha value is -2.63. The van der Waals surface area contributed by atoms with E-state index in [2.05, 4.69) is 11.9 Å². The largest absolute Gasteiger partial charge is 0.349 e. The molecule has 1 heterocycles. The molecule has 1 aromatic carbocycles. The van der Waals surface area contributed by atoms with Crippen LogP contribution in [0, 0.1) is 0 Å². The predicted octanol–water partition coefficient (Wildman–Crippen LogP) is 0.517. The topological polar surface area (TPSA) is 69.7 Å². The third-order valence-electron chi connectivity index (χ3n) is 3.53. The minimum atomic E-state index is -0.236. The summed E-state index contributed by atoms with van der Waals surface area (Å²) in [5, 5.41) is 2.68. The molecule has 1 aliphatic rings. The first-order valence-electron chi connectivity index (χ1n) is 7.13. The van der Waals surface area contributed by atoms with Gasteiger partial charge in [0, 0.05) is 43.9 Å². The van der Waals surface area contributed by atoms with Crippen molar-refractivity contribution in [3.05, 3.63) is 48.0 Å². The molecule has 0 aliphatic carbocycles. The van der Waals surface area contributed by atoms with E-state index in [4.69, 9.17) is 0 Å². The van der Waals surface area contributed by atoms with Gasteiger partial charge < -0.3 is 15.1 Å². The highest BCUT2D eigenvalue weighted by molar-refractivity contribution is 5.99. The lowest BCUT2D eigenvalue weighted by atomic mass is 10.1. The number of benzene rings is 1. The summed E-state index contributed by atoms with van der Waals surface area (Å²) < 4.78 is 0. The lowest BCUT2D eigenvalue weighted by Crippen LogP contribution is -2.48. The van der Waals surface area contributed by atoms with Gasteiger partial charge in [-0.3, -0.25) is 14.4 Å². The minimum absolute atomic E-state index is 0.121. The van der Waals surface area contributed by atoms with Gasteiger partial charge in [-0.25, -0.2) is 0 Å². The fraction of sp³-hybridized carbons (Fsp3) is 0.312. The average Bonchev–Trinajstić information content (AvgIpc) is 2.59. The van der Waals surface area contributed by atoms with E-state index in [9.17, 15) is 14.4 Å². The van der Waals surface area contributed by atoms with Crippen molar-refractivity contribution in [1.29, 1.82) is 0 Å². The molecular weight excluding hydrogens is 282 g/mol. The van der Waals surface area contributed by atoms with Gasteiger partial charge in [0.2, 0.25) is 6.41 Å². The number of hydrogen-bond acceptors (Lipinski definition) is 3. The van der Waals surface area contributed by atoms with Gasteiger partial charge in [0.1, 0.15) is 0 Å². The van der Waals surface area contributed by atoms with Gasteiger partial charge in [-0.2, -0.15) is 0 Å². The van der Waals surface area contributed by atoms with Crippen LogP contribution >= 0.6 is 0 Å². The number of hydrogen-bond donors (Lipinski definition) is 1. The Morgan fingerprint density at radius 1 is 1.18 bits per heavy atom. The number of carbonyl (C=O) groups is 3. The third kappa shape index (κ3) is 3.72. The first-order chi connectivity index (χ1) is 10.7. The molecule has 0 bridgehead atoms. The zero-order valence-electron chi connectivity index (χ0n) is 12.3. The molecule has 0 saturated carbocycles. The van der Waals surface area contributed by atoms with E-state index in [0.29, 0.717) is 43.9 Å². The summed E-state index contributed by atoms with van der Waals surface area (Å²) in [4.78, 5) is 38.4. The van der Waals surface area contributed by atoms with Gasteiger partial charge in [0.15, 0.2) is 0 Å². The second kappa shape index (κ2) is 7.40. The van der Waals surface area contributed by atoms with E-state index in [0.717, 1.165) is 6.41 Å². The van der Waals surface area contributed by atoms with Gasteiger partial charge in [0.05, 0.1) is 0 Å². The van der Waals surface area contributed by atoms with Crippen molar-refractivity contribution in [3.8, 4) is 0 Å². The maximum absolute atomic E-state index is 12.5. The van der Waals surface area contributed by atoms with E-state index < -0.39 is 0 Å². The van der Waals surface area contributed by atoms with Crippen LogP contribution in [0.25, 0.3) is 0 Å². The Morgan fingerprint density at radius 3 is 2.50 bits per heavy atom. The molecular formula is C16H19N3O3. The Labute approximate surface area is 129 Å². The van der Waals surface area contributed by atoms with Gasteiger partial charge in [-0.1, -0.05) is 12.1 Å². The summed E-state index contributed by atoms with van der Waals surface area (Å²) in [6, 6.07) is 6.64. The van der Waals surface area contributed by atoms with Crippen LogP contribution in [-0.2, 0) is 4.79 Å². The smallest absolute Gasteiger partial charge is 0.253 e. The zero-order chi connectivity index (χ0) is 15.9. The summed E-state index contributed by atoms with van der Waals surface area (Å²) in [6.07, 6.45) is 2.39. The lowest BCUT2D eigenvalue weighted by molar-refractivity contribution is -0.119. The van der Waals surface area contributed by atoms with E-state index in [-0.39, 0.29) is 11.8 Å². The molecule has 0 atom stereocenters. The van der Waals surface area contributed by atoms with Crippen molar-refractivity contribution in [2.75, 3.05) is 32.7 Å². The Balaban J connectivity index is 2.05. The monoisotopic (exact) mass is 301 g/mol. The molecule has 1 aromatic rings. The van der Waals surface area contributed by atoms with Crippen molar-refractivity contribution in [2.24, 2.45) is 0 Å². The molecule has 1 N–H and O–H groups in total. The molecule has 1 saturated heterocycles. The van der Waals surface area contributed by atoms with Crippen LogP contribution in [0.3, 0.4) is 0 Å². The standard InChI is InChI=1S/C16H19N3O3/c1-2-6-17-15(21)13-4-3-5-14(11-13)16(22)19-9-7-18(12-20)8-10-19/h2-5,11-12H,1,6-10H2,(H,17,21). The second-order valence-electron chi connectivity index (χ2n) is 5.01. The van der Waals surface area contributed by atoms with E-state index >= 15 is 0 Å². The maximum Gasteiger partial charge on any atom is 0.253 e. The molecule has 116 valence electrons. The van der Waals surface area contributed by atoms with Crippen molar-refractivity contribution in [2.45, 2.75) is 0 Å². The number of nitrogens with zero attached hydrogens (tertiary/aromatic N) is 2. The van der Waals surface area contributed by atoms with E-state index in [1.165, 1.54) is 0 Å². The third-order valence-corrected chi connectivity index (χ3v) is 3.53. The summed E-state index contributed by atoms with van der Waals surface area (Å²) in [7, 11) is 0. The molecule has 3 amide bonds. The molecule has 0 radical (unpaired) electrons. The van der Waals surface area contributed by atoms with Crippen LogP contribution in [0.1, 0.15) is 20.7 Å². The molecule has 0 unspecified atom stereocenters. The van der Waals surface area contributed by atoms with Crippen molar-refractivity contribution < 1.29 is 14.4 Å². The molecule has 1 fully saturated rings. The number of piperazine rings is 1. The summed E-state index contributed by atoms with van der Waals surface area (Å²) in [5.41, 5.74) is 0.921. The van der Waals surface area contributed by atoms with Crippen LogP contribution in [0.2, 0.25) is 0 Å². The number of amides is 3. The van der Waals surface area contributed by atoms with Gasteiger partial charge >= 0.3 is 0 Å². The predicted molar refractivity (Wildman–Crippen MR) is 82.5 cm³/mol. The fourth-order valence-corrected chi connectivity index (χ4v) is 2.27. The normalized spacial score (nSPS) is 14.4. The molecule has 2 rings (SSSR count). The van der Waals surface area contributed by atoms with Crippen LogP contribution in [0.15, 0.2) is 36.9 Å². The number of rotatable bonds is 5. The van der Waals surface area contributed by atoms with Crippen molar-refractivity contribution in [1.82, 2.24) is 15.1 Å². The summed E-state index contributed by atoms with van der Waals surface area (Å²) in [6.45, 7) is 6.00. The lowest BCUT2D eigenvalue weighted by Gasteiger charge is -2.32. The van der Waals surface area contributed by atoms with Gasteiger partial charge in [-0.15, -0.1) is 6.58 Å². The van der Waals surface area contributed by atoms with E-state index in [1.807, 2.05) is 0 Å². The number of nitrogens with one attached hydrogen (secondary N) is 1. The van der Waals surface area contributed by atoms with Crippen molar-refractivity contribution >= 4 is 18.2 Å². The highest BCUT2D eigenvalue weighted by Crippen LogP contribution is 2.11. The highest BCUT2D eigenvalue weighted by Gasteiger charge is 2.21. The second-order valence-corrected chi connectivity index (χ2v) is 5.01. The van der Waals surface area contributed by atoms with E-state index in [1.54, 1.807) is 40.1 Å².